The van der Waals surface area contributed by atoms with E-state index in [0.29, 0.717) is 10.9 Å². The third-order valence-electron chi connectivity index (χ3n) is 6.95. The van der Waals surface area contributed by atoms with Crippen LogP contribution < -0.4 is 16.6 Å². The molecular weight excluding hydrogens is 440 g/mol. The number of rotatable bonds is 2. The number of anilines is 1. The molecule has 3 aromatic carbocycles. The number of hydrogen-bond donors (Lipinski definition) is 2. The zero-order valence-corrected chi connectivity index (χ0v) is 19.6. The fourth-order valence-corrected chi connectivity index (χ4v) is 5.23. The zero-order valence-electron chi connectivity index (χ0n) is 19.6. The summed E-state index contributed by atoms with van der Waals surface area (Å²) in [5, 5.41) is 14.0. The van der Waals surface area contributed by atoms with Crippen LogP contribution in [-0.4, -0.2) is 18.8 Å². The van der Waals surface area contributed by atoms with Gasteiger partial charge in [0, 0.05) is 19.7 Å². The van der Waals surface area contributed by atoms with E-state index in [9.17, 15) is 14.7 Å². The Morgan fingerprint density at radius 3 is 2.29 bits per heavy atom. The standard InChI is InChI=1S/C28H24N4O3/c1-16-8-4-5-9-19(16)24-22-25(30(2)28(35)31(3)27(22)34)26-23(17-12-14-18(33)15-13-17)29-20-10-6-7-11-21(20)32(24)26/h4-15,23,29,33H,1-3H3/t23-/m0/s1. The van der Waals surface area contributed by atoms with Crippen LogP contribution in [0.1, 0.15) is 22.9 Å². The maximum absolute atomic E-state index is 13.7. The number of nitrogens with zero attached hydrogens (tertiary/aromatic N) is 3. The molecule has 7 heteroatoms. The molecule has 0 aliphatic carbocycles. The van der Waals surface area contributed by atoms with E-state index in [1.54, 1.807) is 23.7 Å². The van der Waals surface area contributed by atoms with E-state index in [1.807, 2.05) is 67.6 Å². The number of aryl methyl sites for hydroxylation is 2. The largest absolute Gasteiger partial charge is 0.508 e. The SMILES string of the molecule is Cc1ccccc1-c1c2c(=O)n(C)c(=O)n(C)c2c2n1-c1ccccc1N[C@H]2c1ccc(O)cc1. The van der Waals surface area contributed by atoms with Gasteiger partial charge in [0.05, 0.1) is 39.7 Å². The summed E-state index contributed by atoms with van der Waals surface area (Å²) in [5.74, 6) is 0.173. The number of benzene rings is 3. The molecular formula is C28H24N4O3. The monoisotopic (exact) mass is 464 g/mol. The number of aromatic hydroxyl groups is 1. The van der Waals surface area contributed by atoms with Crippen molar-refractivity contribution in [2.24, 2.45) is 14.1 Å². The zero-order chi connectivity index (χ0) is 24.4. The highest BCUT2D eigenvalue weighted by Gasteiger charge is 2.34. The van der Waals surface area contributed by atoms with Crippen molar-refractivity contribution in [2.75, 3.05) is 5.32 Å². The molecule has 0 fully saturated rings. The molecule has 3 heterocycles. The molecule has 0 spiro atoms. The lowest BCUT2D eigenvalue weighted by Gasteiger charge is -2.31. The predicted octanol–water partition coefficient (Wildman–Crippen LogP) is 4.22. The van der Waals surface area contributed by atoms with Crippen LogP contribution in [-0.2, 0) is 14.1 Å². The molecule has 2 aromatic heterocycles. The molecule has 0 saturated heterocycles. The normalized spacial score (nSPS) is 14.4. The van der Waals surface area contributed by atoms with Gasteiger partial charge in [0.2, 0.25) is 0 Å². The first-order valence-electron chi connectivity index (χ1n) is 11.4. The number of para-hydroxylation sites is 2. The van der Waals surface area contributed by atoms with Crippen molar-refractivity contribution in [3.05, 3.63) is 110 Å². The van der Waals surface area contributed by atoms with Gasteiger partial charge in [-0.3, -0.25) is 13.9 Å². The summed E-state index contributed by atoms with van der Waals surface area (Å²) >= 11 is 0. The third kappa shape index (κ3) is 2.91. The summed E-state index contributed by atoms with van der Waals surface area (Å²) in [6.07, 6.45) is 0. The van der Waals surface area contributed by atoms with Crippen LogP contribution in [0.25, 0.3) is 27.8 Å². The molecule has 7 nitrogen and oxygen atoms in total. The topological polar surface area (TPSA) is 81.2 Å². The maximum Gasteiger partial charge on any atom is 0.331 e. The second-order valence-electron chi connectivity index (χ2n) is 9.00. The average Bonchev–Trinajstić information content (AvgIpc) is 3.23. The van der Waals surface area contributed by atoms with Crippen molar-refractivity contribution in [1.82, 2.24) is 13.7 Å². The van der Waals surface area contributed by atoms with E-state index in [2.05, 4.69) is 9.88 Å². The maximum atomic E-state index is 13.7. The molecule has 2 N–H and O–H groups in total. The molecule has 0 saturated carbocycles. The summed E-state index contributed by atoms with van der Waals surface area (Å²) in [5.41, 5.74) is 6.14. The molecule has 0 unspecified atom stereocenters. The van der Waals surface area contributed by atoms with Crippen molar-refractivity contribution >= 4 is 16.6 Å². The van der Waals surface area contributed by atoms with Crippen LogP contribution in [0.15, 0.2) is 82.4 Å². The van der Waals surface area contributed by atoms with E-state index < -0.39 is 0 Å². The number of aromatic nitrogens is 3. The van der Waals surface area contributed by atoms with Gasteiger partial charge in [-0.15, -0.1) is 0 Å². The molecule has 0 radical (unpaired) electrons. The second-order valence-corrected chi connectivity index (χ2v) is 9.00. The van der Waals surface area contributed by atoms with Crippen LogP contribution in [0.4, 0.5) is 5.69 Å². The van der Waals surface area contributed by atoms with Crippen molar-refractivity contribution in [1.29, 1.82) is 0 Å². The quantitative estimate of drug-likeness (QED) is 0.410. The van der Waals surface area contributed by atoms with Gasteiger partial charge in [0.15, 0.2) is 0 Å². The summed E-state index contributed by atoms with van der Waals surface area (Å²) in [4.78, 5) is 26.8. The van der Waals surface area contributed by atoms with Gasteiger partial charge in [-0.25, -0.2) is 4.79 Å². The Balaban J connectivity index is 1.88. The van der Waals surface area contributed by atoms with Gasteiger partial charge in [-0.05, 0) is 42.3 Å². The fourth-order valence-electron chi connectivity index (χ4n) is 5.23. The number of phenols is 1. The van der Waals surface area contributed by atoms with Gasteiger partial charge in [-0.1, -0.05) is 48.5 Å². The van der Waals surface area contributed by atoms with Crippen molar-refractivity contribution in [3.8, 4) is 22.7 Å². The van der Waals surface area contributed by atoms with E-state index in [4.69, 9.17) is 0 Å². The van der Waals surface area contributed by atoms with Crippen LogP contribution in [0.3, 0.4) is 0 Å². The first kappa shape index (κ1) is 21.0. The molecule has 1 atom stereocenters. The highest BCUT2D eigenvalue weighted by molar-refractivity contribution is 5.99. The second kappa shape index (κ2) is 7.50. The molecule has 6 rings (SSSR count). The minimum Gasteiger partial charge on any atom is -0.508 e. The minimum atomic E-state index is -0.379. The van der Waals surface area contributed by atoms with Crippen LogP contribution in [0, 0.1) is 6.92 Å². The molecule has 1 aliphatic heterocycles. The Kier molecular flexibility index (Phi) is 4.51. The minimum absolute atomic E-state index is 0.173. The van der Waals surface area contributed by atoms with Crippen molar-refractivity contribution in [3.63, 3.8) is 0 Å². The van der Waals surface area contributed by atoms with E-state index in [0.717, 1.165) is 39.5 Å². The Morgan fingerprint density at radius 1 is 0.857 bits per heavy atom. The van der Waals surface area contributed by atoms with Crippen molar-refractivity contribution < 1.29 is 5.11 Å². The van der Waals surface area contributed by atoms with Crippen LogP contribution in [0.2, 0.25) is 0 Å². The first-order chi connectivity index (χ1) is 16.9. The summed E-state index contributed by atoms with van der Waals surface area (Å²) < 4.78 is 4.86. The van der Waals surface area contributed by atoms with Gasteiger partial charge in [-0.2, -0.15) is 0 Å². The van der Waals surface area contributed by atoms with Gasteiger partial charge in [0.1, 0.15) is 5.75 Å². The lowest BCUT2D eigenvalue weighted by Crippen LogP contribution is -2.37. The Labute approximate surface area is 201 Å². The number of fused-ring (bicyclic) bond motifs is 5. The number of hydrogen-bond acceptors (Lipinski definition) is 4. The Bertz CT molecular complexity index is 1760. The van der Waals surface area contributed by atoms with E-state index in [-0.39, 0.29) is 23.0 Å². The third-order valence-corrected chi connectivity index (χ3v) is 6.95. The first-order valence-corrected chi connectivity index (χ1v) is 11.4. The average molecular weight is 465 g/mol. The molecule has 5 aromatic rings. The van der Waals surface area contributed by atoms with Gasteiger partial charge >= 0.3 is 5.69 Å². The number of phenolic OH excluding ortho intramolecular Hbond substituents is 1. The number of nitrogens with one attached hydrogen (secondary N) is 1. The van der Waals surface area contributed by atoms with Gasteiger partial charge in [0.25, 0.3) is 5.56 Å². The van der Waals surface area contributed by atoms with E-state index >= 15 is 0 Å². The molecule has 0 bridgehead atoms. The molecule has 1 aliphatic rings. The Morgan fingerprint density at radius 2 is 1.54 bits per heavy atom. The predicted molar refractivity (Wildman–Crippen MR) is 138 cm³/mol. The van der Waals surface area contributed by atoms with Crippen LogP contribution >= 0.6 is 0 Å². The lowest BCUT2D eigenvalue weighted by molar-refractivity contribution is 0.475. The molecule has 35 heavy (non-hydrogen) atoms. The van der Waals surface area contributed by atoms with Gasteiger partial charge < -0.3 is 15.0 Å². The molecule has 0 amide bonds. The fraction of sp³-hybridized carbons (Fsp3) is 0.143. The highest BCUT2D eigenvalue weighted by atomic mass is 16.3. The smallest absolute Gasteiger partial charge is 0.331 e. The van der Waals surface area contributed by atoms with Crippen molar-refractivity contribution in [2.45, 2.75) is 13.0 Å². The lowest BCUT2D eigenvalue weighted by atomic mass is 9.99. The summed E-state index contributed by atoms with van der Waals surface area (Å²) in [7, 11) is 3.23. The highest BCUT2D eigenvalue weighted by Crippen LogP contribution is 2.45. The van der Waals surface area contributed by atoms with Crippen LogP contribution in [0.5, 0.6) is 5.75 Å². The molecule has 174 valence electrons. The Hall–Kier alpha value is -4.52. The summed E-state index contributed by atoms with van der Waals surface area (Å²) in [6, 6.07) is 22.6. The summed E-state index contributed by atoms with van der Waals surface area (Å²) in [6.45, 7) is 2.03. The van der Waals surface area contributed by atoms with E-state index in [1.165, 1.54) is 11.6 Å².